The van der Waals surface area contributed by atoms with Crippen LogP contribution in [0.25, 0.3) is 11.0 Å². The van der Waals surface area contributed by atoms with Gasteiger partial charge in [0.1, 0.15) is 5.76 Å². The third kappa shape index (κ3) is 3.53. The summed E-state index contributed by atoms with van der Waals surface area (Å²) in [7, 11) is 1.51. The predicted octanol–water partition coefficient (Wildman–Crippen LogP) is 4.68. The molecule has 7 nitrogen and oxygen atoms in total. The summed E-state index contributed by atoms with van der Waals surface area (Å²) in [6, 6.07) is 1.88. The molecule has 1 aliphatic rings. The molecule has 1 amide bonds. The number of furan rings is 1. The van der Waals surface area contributed by atoms with Gasteiger partial charge < -0.3 is 19.2 Å². The second-order valence-corrected chi connectivity index (χ2v) is 7.21. The maximum atomic E-state index is 12.9. The number of fused-ring (bicyclic) bond motifs is 1. The molecule has 146 valence electrons. The second-order valence-electron chi connectivity index (χ2n) is 6.39. The number of aromatic nitrogens is 2. The van der Waals surface area contributed by atoms with Gasteiger partial charge in [0.05, 0.1) is 28.4 Å². The molecule has 0 aliphatic carbocycles. The maximum Gasteiger partial charge on any atom is 0.258 e. The summed E-state index contributed by atoms with van der Waals surface area (Å²) in [6.45, 7) is 1.37. The number of pyridine rings is 2. The van der Waals surface area contributed by atoms with Crippen molar-refractivity contribution in [1.29, 1.82) is 0 Å². The van der Waals surface area contributed by atoms with E-state index in [9.17, 15) is 4.79 Å². The number of carbonyl (C=O) groups is 1. The molecule has 0 atom stereocenters. The normalized spacial score (nSPS) is 15.0. The van der Waals surface area contributed by atoms with Gasteiger partial charge in [0.15, 0.2) is 5.58 Å². The SMILES string of the molecule is COc1ncc(C(=O)Nc2c(Cl)cncc2Cl)c2cc(C3CCOCC3)oc12. The van der Waals surface area contributed by atoms with Crippen LogP contribution in [-0.2, 0) is 4.74 Å². The van der Waals surface area contributed by atoms with Gasteiger partial charge in [0.25, 0.3) is 11.8 Å². The Morgan fingerprint density at radius 3 is 2.61 bits per heavy atom. The number of nitrogens with one attached hydrogen (secondary N) is 1. The molecule has 1 aliphatic heterocycles. The highest BCUT2D eigenvalue weighted by Crippen LogP contribution is 2.36. The van der Waals surface area contributed by atoms with E-state index in [1.807, 2.05) is 6.07 Å². The molecule has 28 heavy (non-hydrogen) atoms. The van der Waals surface area contributed by atoms with Crippen LogP contribution in [0.1, 0.15) is 34.9 Å². The molecule has 1 saturated heterocycles. The fourth-order valence-corrected chi connectivity index (χ4v) is 3.70. The third-order valence-electron chi connectivity index (χ3n) is 4.70. The Kier molecular flexibility index (Phi) is 5.39. The number of hydrogen-bond acceptors (Lipinski definition) is 6. The number of halogens is 2. The number of rotatable bonds is 4. The minimum atomic E-state index is -0.408. The van der Waals surface area contributed by atoms with E-state index in [0.717, 1.165) is 18.6 Å². The number of hydrogen-bond donors (Lipinski definition) is 1. The molecule has 0 spiro atoms. The van der Waals surface area contributed by atoms with Crippen molar-refractivity contribution in [3.05, 3.63) is 46.0 Å². The summed E-state index contributed by atoms with van der Waals surface area (Å²) in [6.07, 6.45) is 5.99. The quantitative estimate of drug-likeness (QED) is 0.657. The van der Waals surface area contributed by atoms with E-state index in [1.165, 1.54) is 25.7 Å². The standard InChI is InChI=1S/C19H17Cl2N3O4/c1-26-19-17-11(6-15(28-17)10-2-4-27-5-3-10)12(7-23-19)18(25)24-16-13(20)8-22-9-14(16)21/h6-10H,2-5H2,1H3,(H,22,24,25). The lowest BCUT2D eigenvalue weighted by atomic mass is 9.97. The van der Waals surface area contributed by atoms with E-state index in [1.54, 1.807) is 0 Å². The Hall–Kier alpha value is -2.35. The highest BCUT2D eigenvalue weighted by Gasteiger charge is 2.24. The molecular weight excluding hydrogens is 405 g/mol. The maximum absolute atomic E-state index is 12.9. The Morgan fingerprint density at radius 2 is 1.93 bits per heavy atom. The van der Waals surface area contributed by atoms with Crippen LogP contribution >= 0.6 is 23.2 Å². The zero-order chi connectivity index (χ0) is 19.7. The summed E-state index contributed by atoms with van der Waals surface area (Å²) in [5.41, 5.74) is 1.06. The molecular formula is C19H17Cl2N3O4. The lowest BCUT2D eigenvalue weighted by Crippen LogP contribution is -2.14. The van der Waals surface area contributed by atoms with Crippen molar-refractivity contribution < 1.29 is 18.7 Å². The molecule has 3 aromatic rings. The molecule has 0 unspecified atom stereocenters. The fourth-order valence-electron chi connectivity index (χ4n) is 3.24. The first-order chi connectivity index (χ1) is 13.6. The number of carbonyl (C=O) groups excluding carboxylic acids is 1. The molecule has 0 saturated carbocycles. The Labute approximate surface area is 170 Å². The van der Waals surface area contributed by atoms with Crippen molar-refractivity contribution in [3.63, 3.8) is 0 Å². The van der Waals surface area contributed by atoms with Gasteiger partial charge in [-0.05, 0) is 18.9 Å². The van der Waals surface area contributed by atoms with E-state index < -0.39 is 5.91 Å². The number of amides is 1. The van der Waals surface area contributed by atoms with Crippen molar-refractivity contribution in [3.8, 4) is 5.88 Å². The Morgan fingerprint density at radius 1 is 1.21 bits per heavy atom. The van der Waals surface area contributed by atoms with E-state index in [-0.39, 0.29) is 16.0 Å². The molecule has 4 heterocycles. The van der Waals surface area contributed by atoms with Crippen molar-refractivity contribution in [2.75, 3.05) is 25.6 Å². The number of nitrogens with zero attached hydrogens (tertiary/aromatic N) is 2. The van der Waals surface area contributed by atoms with Crippen molar-refractivity contribution >= 4 is 45.8 Å². The van der Waals surface area contributed by atoms with E-state index in [4.69, 9.17) is 37.1 Å². The lowest BCUT2D eigenvalue weighted by molar-refractivity contribution is 0.0810. The van der Waals surface area contributed by atoms with Crippen LogP contribution in [0.2, 0.25) is 10.0 Å². The lowest BCUT2D eigenvalue weighted by Gasteiger charge is -2.19. The first-order valence-corrected chi connectivity index (χ1v) is 9.48. The van der Waals surface area contributed by atoms with Gasteiger partial charge in [-0.3, -0.25) is 9.78 Å². The van der Waals surface area contributed by atoms with Crippen molar-refractivity contribution in [2.24, 2.45) is 0 Å². The number of anilines is 1. The van der Waals surface area contributed by atoms with Crippen LogP contribution in [-0.4, -0.2) is 36.2 Å². The fraction of sp³-hybridized carbons (Fsp3) is 0.316. The van der Waals surface area contributed by atoms with Gasteiger partial charge in [-0.2, -0.15) is 0 Å². The van der Waals surface area contributed by atoms with Gasteiger partial charge in [0.2, 0.25) is 0 Å². The molecule has 1 N–H and O–H groups in total. The Bertz CT molecular complexity index is 1010. The van der Waals surface area contributed by atoms with E-state index in [0.29, 0.717) is 41.3 Å². The summed E-state index contributed by atoms with van der Waals surface area (Å²) in [5, 5.41) is 3.83. The largest absolute Gasteiger partial charge is 0.478 e. The summed E-state index contributed by atoms with van der Waals surface area (Å²) in [5.74, 6) is 0.934. The summed E-state index contributed by atoms with van der Waals surface area (Å²) in [4.78, 5) is 21.0. The molecule has 3 aromatic heterocycles. The van der Waals surface area contributed by atoms with Crippen LogP contribution in [0.4, 0.5) is 5.69 Å². The van der Waals surface area contributed by atoms with Crippen LogP contribution in [0.15, 0.2) is 29.1 Å². The first kappa shape index (κ1) is 19.0. The minimum absolute atomic E-state index is 0.228. The van der Waals surface area contributed by atoms with Crippen LogP contribution in [0, 0.1) is 0 Å². The third-order valence-corrected chi connectivity index (χ3v) is 5.27. The molecule has 0 bridgehead atoms. The van der Waals surface area contributed by atoms with Crippen LogP contribution in [0.3, 0.4) is 0 Å². The highest BCUT2D eigenvalue weighted by molar-refractivity contribution is 6.39. The highest BCUT2D eigenvalue weighted by atomic mass is 35.5. The average Bonchev–Trinajstić information content (AvgIpc) is 3.16. The predicted molar refractivity (Wildman–Crippen MR) is 106 cm³/mol. The van der Waals surface area contributed by atoms with Gasteiger partial charge in [0, 0.05) is 43.1 Å². The molecule has 0 aromatic carbocycles. The van der Waals surface area contributed by atoms with Crippen molar-refractivity contribution in [2.45, 2.75) is 18.8 Å². The minimum Gasteiger partial charge on any atom is -0.478 e. The molecule has 9 heteroatoms. The monoisotopic (exact) mass is 421 g/mol. The van der Waals surface area contributed by atoms with Crippen molar-refractivity contribution in [1.82, 2.24) is 9.97 Å². The first-order valence-electron chi connectivity index (χ1n) is 8.73. The molecule has 0 radical (unpaired) electrons. The van der Waals surface area contributed by atoms with E-state index >= 15 is 0 Å². The van der Waals surface area contributed by atoms with E-state index in [2.05, 4.69) is 15.3 Å². The van der Waals surface area contributed by atoms with Gasteiger partial charge in [-0.1, -0.05) is 23.2 Å². The number of ether oxygens (including phenoxy) is 2. The zero-order valence-corrected chi connectivity index (χ0v) is 16.5. The topological polar surface area (TPSA) is 86.5 Å². The number of methoxy groups -OCH3 is 1. The van der Waals surface area contributed by atoms with Crippen LogP contribution in [0.5, 0.6) is 5.88 Å². The molecule has 4 rings (SSSR count). The van der Waals surface area contributed by atoms with Crippen LogP contribution < -0.4 is 10.1 Å². The Balaban J connectivity index is 1.74. The summed E-state index contributed by atoms with van der Waals surface area (Å²) < 4.78 is 16.8. The smallest absolute Gasteiger partial charge is 0.258 e. The zero-order valence-electron chi connectivity index (χ0n) is 15.0. The van der Waals surface area contributed by atoms with Gasteiger partial charge in [-0.15, -0.1) is 0 Å². The average molecular weight is 422 g/mol. The molecule has 1 fully saturated rings. The van der Waals surface area contributed by atoms with Gasteiger partial charge in [-0.25, -0.2) is 4.98 Å². The van der Waals surface area contributed by atoms with Gasteiger partial charge >= 0.3 is 0 Å². The second kappa shape index (κ2) is 7.95. The summed E-state index contributed by atoms with van der Waals surface area (Å²) >= 11 is 12.2.